The summed E-state index contributed by atoms with van der Waals surface area (Å²) in [6.07, 6.45) is 2.14. The number of hydrogen-bond acceptors (Lipinski definition) is 7. The first kappa shape index (κ1) is 34.7. The maximum Gasteiger partial charge on any atom is 0.324 e. The summed E-state index contributed by atoms with van der Waals surface area (Å²) >= 11 is 0. The average Bonchev–Trinajstić information content (AvgIpc) is 2.43. The number of carbonyl (C=O) groups is 1. The summed E-state index contributed by atoms with van der Waals surface area (Å²) in [6, 6.07) is 0.658. The lowest BCUT2D eigenvalue weighted by molar-refractivity contribution is -0.115. The maximum absolute atomic E-state index is 12.3. The number of aliphatic hydroxyl groups excluding tert-OH is 1. The van der Waals surface area contributed by atoms with Gasteiger partial charge in [0.2, 0.25) is 0 Å². The number of Topliss-reactive ketones (excluding diaryl/α,β-unsaturated/α-hetero) is 1. The van der Waals surface area contributed by atoms with E-state index in [9.17, 15) is 9.90 Å². The monoisotopic (exact) mass is 586 g/mol. The van der Waals surface area contributed by atoms with E-state index in [1.165, 1.54) is 0 Å². The van der Waals surface area contributed by atoms with Gasteiger partial charge in [0.05, 0.1) is 6.10 Å². The zero-order valence-corrected chi connectivity index (χ0v) is 30.5. The summed E-state index contributed by atoms with van der Waals surface area (Å²) in [6.45, 7) is 28.7. The van der Waals surface area contributed by atoms with E-state index in [1.54, 1.807) is 6.92 Å². The molecule has 3 unspecified atom stereocenters. The molecule has 3 atom stereocenters. The normalized spacial score (nSPS) is 18.3. The minimum absolute atomic E-state index is 0.0321. The Bertz CT molecular complexity index is 651. The van der Waals surface area contributed by atoms with Gasteiger partial charge in [-0.3, -0.25) is 0 Å². The smallest absolute Gasteiger partial charge is 0.324 e. The lowest BCUT2D eigenvalue weighted by Crippen LogP contribution is -2.62. The second-order valence-corrected chi connectivity index (χ2v) is 36.1. The van der Waals surface area contributed by atoms with E-state index in [2.05, 4.69) is 59.3 Å². The van der Waals surface area contributed by atoms with Crippen LogP contribution in [-0.2, 0) is 25.4 Å². The number of carbonyl (C=O) groups excluding carboxylic acids is 1. The van der Waals surface area contributed by atoms with Crippen molar-refractivity contribution in [2.75, 3.05) is 0 Å². The maximum atomic E-state index is 12.3. The van der Waals surface area contributed by atoms with E-state index in [-0.39, 0.29) is 11.8 Å². The van der Waals surface area contributed by atoms with E-state index < -0.39 is 57.0 Å². The Morgan fingerprint density at radius 2 is 1.12 bits per heavy atom. The fourth-order valence-corrected chi connectivity index (χ4v) is 33.8. The van der Waals surface area contributed by atoms with Crippen molar-refractivity contribution in [3.05, 3.63) is 0 Å². The molecule has 0 amide bonds. The molecule has 0 saturated heterocycles. The zero-order chi connectivity index (χ0) is 27.2. The predicted octanol–water partition coefficient (Wildman–Crippen LogP) is 6.43. The Hall–Kier alpha value is 0.731. The van der Waals surface area contributed by atoms with Gasteiger partial charge in [0.25, 0.3) is 0 Å². The molecule has 1 N–H and O–H groups in total. The van der Waals surface area contributed by atoms with Gasteiger partial charge in [0.15, 0.2) is 16.6 Å². The Morgan fingerprint density at radius 3 is 1.47 bits per heavy atom. The number of hydrogen-bond donors (Lipinski definition) is 1. The Balaban J connectivity index is 6.14. The van der Waals surface area contributed by atoms with Crippen LogP contribution >= 0.6 is 0 Å². The minimum Gasteiger partial charge on any atom is -0.437 e. The standard InChI is InChI=1S/C21H54O7Si6/c1-15-16-17-21(23)19-34(14,27-32(11,12)25-30(6,7)8)28-33(13,18-20(2)22)26-31(9,10)24-29(3,4)5/h21,23H,15-19H2,1-14H3. The van der Waals surface area contributed by atoms with Crippen LogP contribution in [0.3, 0.4) is 0 Å². The topological polar surface area (TPSA) is 83.5 Å². The summed E-state index contributed by atoms with van der Waals surface area (Å²) in [7, 11) is -14.8. The van der Waals surface area contributed by atoms with Gasteiger partial charge in [0, 0.05) is 12.1 Å². The molecule has 0 bridgehead atoms. The summed E-state index contributed by atoms with van der Waals surface area (Å²) in [5, 5.41) is 10.9. The predicted molar refractivity (Wildman–Crippen MR) is 156 cm³/mol. The molecule has 0 radical (unpaired) electrons. The fourth-order valence-electron chi connectivity index (χ4n) is 4.63. The molecule has 0 aromatic carbocycles. The van der Waals surface area contributed by atoms with Crippen LogP contribution < -0.4 is 0 Å². The van der Waals surface area contributed by atoms with Crippen molar-refractivity contribution in [1.82, 2.24) is 0 Å². The van der Waals surface area contributed by atoms with Crippen LogP contribution in [0.1, 0.15) is 33.1 Å². The molecule has 0 spiro atoms. The van der Waals surface area contributed by atoms with Gasteiger partial charge in [-0.15, -0.1) is 0 Å². The van der Waals surface area contributed by atoms with E-state index >= 15 is 0 Å². The quantitative estimate of drug-likeness (QED) is 0.197. The highest BCUT2D eigenvalue weighted by Gasteiger charge is 2.51. The van der Waals surface area contributed by atoms with Crippen LogP contribution in [0.5, 0.6) is 0 Å². The van der Waals surface area contributed by atoms with E-state index in [0.717, 1.165) is 12.8 Å². The fraction of sp³-hybridized carbons (Fsp3) is 0.952. The van der Waals surface area contributed by atoms with Crippen molar-refractivity contribution in [1.29, 1.82) is 0 Å². The third-order valence-corrected chi connectivity index (χ3v) is 26.6. The highest BCUT2D eigenvalue weighted by molar-refractivity contribution is 6.92. The SMILES string of the molecule is CCCCC(O)C[Si](C)(O[Si](C)(C)O[Si](C)(C)C)O[Si](C)(CC(C)=O)O[Si](C)(C)O[Si](C)(C)C. The van der Waals surface area contributed by atoms with Crippen LogP contribution in [0.4, 0.5) is 0 Å². The molecule has 0 saturated carbocycles. The van der Waals surface area contributed by atoms with Crippen molar-refractivity contribution in [3.8, 4) is 0 Å². The Kier molecular flexibility index (Phi) is 13.3. The molecule has 13 heteroatoms. The van der Waals surface area contributed by atoms with Gasteiger partial charge in [-0.05, 0) is 91.9 Å². The van der Waals surface area contributed by atoms with E-state index in [4.69, 9.17) is 20.6 Å². The van der Waals surface area contributed by atoms with E-state index in [1.807, 2.05) is 26.2 Å². The van der Waals surface area contributed by atoms with Crippen molar-refractivity contribution < 1.29 is 30.5 Å². The van der Waals surface area contributed by atoms with Crippen LogP contribution in [0.25, 0.3) is 0 Å². The second kappa shape index (κ2) is 13.0. The van der Waals surface area contributed by atoms with Gasteiger partial charge >= 0.3 is 34.2 Å². The van der Waals surface area contributed by atoms with Crippen LogP contribution in [0.2, 0.25) is 90.7 Å². The summed E-state index contributed by atoms with van der Waals surface area (Å²) < 4.78 is 33.3. The molecule has 0 aliphatic heterocycles. The molecule has 7 nitrogen and oxygen atoms in total. The number of rotatable bonds is 17. The second-order valence-electron chi connectivity index (χ2n) is 12.7. The lowest BCUT2D eigenvalue weighted by atomic mass is 10.2. The van der Waals surface area contributed by atoms with Crippen molar-refractivity contribution >= 4 is 56.7 Å². The van der Waals surface area contributed by atoms with Gasteiger partial charge in [0.1, 0.15) is 5.78 Å². The first-order valence-corrected chi connectivity index (χ1v) is 30.1. The van der Waals surface area contributed by atoms with Crippen molar-refractivity contribution in [2.24, 2.45) is 0 Å². The minimum atomic E-state index is -3.03. The number of aliphatic hydroxyl groups is 1. The molecule has 0 rings (SSSR count). The Morgan fingerprint density at radius 1 is 0.706 bits per heavy atom. The van der Waals surface area contributed by atoms with Crippen molar-refractivity contribution in [3.63, 3.8) is 0 Å². The number of ketones is 1. The van der Waals surface area contributed by atoms with Crippen LogP contribution in [0, 0.1) is 0 Å². The molecule has 0 aliphatic rings. The molecular formula is C21H54O7Si6. The summed E-state index contributed by atoms with van der Waals surface area (Å²) in [5.74, 6) is 0.0321. The third kappa shape index (κ3) is 16.5. The van der Waals surface area contributed by atoms with Crippen molar-refractivity contribution in [2.45, 2.75) is 130 Å². The Labute approximate surface area is 216 Å². The molecule has 0 aromatic heterocycles. The van der Waals surface area contributed by atoms with Gasteiger partial charge < -0.3 is 30.5 Å². The number of unbranched alkanes of at least 4 members (excludes halogenated alkanes) is 1. The van der Waals surface area contributed by atoms with Gasteiger partial charge in [-0.1, -0.05) is 19.8 Å². The largest absolute Gasteiger partial charge is 0.437 e. The first-order valence-electron chi connectivity index (χ1n) is 12.6. The molecule has 204 valence electrons. The summed E-state index contributed by atoms with van der Waals surface area (Å²) in [4.78, 5) is 12.3. The first-order chi connectivity index (χ1) is 14.9. The third-order valence-electron chi connectivity index (χ3n) is 4.53. The molecule has 0 aromatic rings. The molecule has 0 heterocycles. The summed E-state index contributed by atoms with van der Waals surface area (Å²) in [5.41, 5.74) is 0. The molecular weight excluding hydrogens is 533 g/mol. The van der Waals surface area contributed by atoms with Crippen LogP contribution in [-0.4, -0.2) is 67.9 Å². The highest BCUT2D eigenvalue weighted by atomic mass is 28.5. The van der Waals surface area contributed by atoms with Crippen LogP contribution in [0.15, 0.2) is 0 Å². The van der Waals surface area contributed by atoms with E-state index in [0.29, 0.717) is 12.5 Å². The lowest BCUT2D eigenvalue weighted by Gasteiger charge is -2.45. The average molecular weight is 587 g/mol. The van der Waals surface area contributed by atoms with Gasteiger partial charge in [-0.25, -0.2) is 0 Å². The zero-order valence-electron chi connectivity index (χ0n) is 24.5. The van der Waals surface area contributed by atoms with Gasteiger partial charge in [-0.2, -0.15) is 0 Å². The highest BCUT2D eigenvalue weighted by Crippen LogP contribution is 2.32. The molecule has 34 heavy (non-hydrogen) atoms. The molecule has 0 fully saturated rings. The molecule has 0 aliphatic carbocycles.